The fourth-order valence-electron chi connectivity index (χ4n) is 7.33. The van der Waals surface area contributed by atoms with Crippen molar-refractivity contribution >= 4 is 23.3 Å². The molecule has 0 spiro atoms. The summed E-state index contributed by atoms with van der Waals surface area (Å²) in [4.78, 5) is 43.2. The highest BCUT2D eigenvalue weighted by Gasteiger charge is 2.43. The summed E-state index contributed by atoms with van der Waals surface area (Å²) < 4.78 is 6.20. The molecule has 6 rings (SSSR count). The van der Waals surface area contributed by atoms with E-state index in [0.29, 0.717) is 39.1 Å². The Hall–Kier alpha value is -4.43. The predicted octanol–water partition coefficient (Wildman–Crippen LogP) is 5.45. The van der Waals surface area contributed by atoms with Gasteiger partial charge < -0.3 is 25.6 Å². The molecule has 258 valence electrons. The van der Waals surface area contributed by atoms with Crippen LogP contribution in [-0.4, -0.2) is 71.9 Å². The van der Waals surface area contributed by atoms with Gasteiger partial charge >= 0.3 is 0 Å². The summed E-state index contributed by atoms with van der Waals surface area (Å²) >= 11 is 0. The minimum atomic E-state index is -0.392. The van der Waals surface area contributed by atoms with E-state index in [1.165, 1.54) is 27.8 Å². The van der Waals surface area contributed by atoms with Crippen molar-refractivity contribution in [1.82, 2.24) is 15.1 Å². The second-order valence-corrected chi connectivity index (χ2v) is 14.1. The number of benzene rings is 3. The van der Waals surface area contributed by atoms with Crippen molar-refractivity contribution in [3.05, 3.63) is 106 Å². The molecule has 3 aromatic carbocycles. The van der Waals surface area contributed by atoms with Crippen LogP contribution in [0.3, 0.4) is 0 Å². The van der Waals surface area contributed by atoms with E-state index in [4.69, 9.17) is 10.5 Å². The van der Waals surface area contributed by atoms with Crippen molar-refractivity contribution in [2.24, 2.45) is 5.73 Å². The summed E-state index contributed by atoms with van der Waals surface area (Å²) in [6, 6.07) is 23.3. The number of hydrogen-bond acceptors (Lipinski definition) is 5. The summed E-state index contributed by atoms with van der Waals surface area (Å²) in [6.07, 6.45) is 5.21. The number of nitrogens with one attached hydrogen (secondary N) is 1. The molecule has 2 aliphatic heterocycles. The lowest BCUT2D eigenvalue weighted by Crippen LogP contribution is -2.62. The fraction of sp³-hybridized carbons (Fsp3) is 0.439. The third kappa shape index (κ3) is 8.60. The van der Waals surface area contributed by atoms with Gasteiger partial charge in [-0.05, 0) is 97.9 Å². The third-order valence-electron chi connectivity index (χ3n) is 10.2. The number of rotatable bonds is 14. The van der Waals surface area contributed by atoms with Crippen LogP contribution in [0.25, 0.3) is 5.57 Å². The fourth-order valence-corrected chi connectivity index (χ4v) is 7.33. The largest absolute Gasteiger partial charge is 0.493 e. The Balaban J connectivity index is 1.23. The number of nitrogens with two attached hydrogens (primary N) is 1. The maximum atomic E-state index is 14.7. The van der Waals surface area contributed by atoms with Gasteiger partial charge in [-0.3, -0.25) is 14.4 Å². The SMILES string of the molecule is Cc1cc(C)c(C)c(OCCc2ccc(C3=C(C(=O)N(CCc4ccccc4)C4CC4)C4CN(C(=O)CCCC(N)=O)CC(C3)N4)cc2)c1. The molecule has 0 radical (unpaired) electrons. The highest BCUT2D eigenvalue weighted by molar-refractivity contribution is 6.03. The quantitative estimate of drug-likeness (QED) is 0.239. The van der Waals surface area contributed by atoms with Crippen LogP contribution in [0.5, 0.6) is 5.75 Å². The molecule has 8 heteroatoms. The number of primary amides is 1. The Kier molecular flexibility index (Phi) is 10.8. The van der Waals surface area contributed by atoms with Gasteiger partial charge in [0.25, 0.3) is 5.91 Å². The first kappa shape index (κ1) is 34.4. The molecule has 3 N–H and O–H groups in total. The lowest BCUT2D eigenvalue weighted by atomic mass is 9.82. The van der Waals surface area contributed by atoms with Crippen molar-refractivity contribution in [3.8, 4) is 5.75 Å². The lowest BCUT2D eigenvalue weighted by Gasteiger charge is -2.45. The van der Waals surface area contributed by atoms with Gasteiger partial charge in [-0.1, -0.05) is 60.7 Å². The molecule has 2 heterocycles. The second-order valence-electron chi connectivity index (χ2n) is 14.1. The van der Waals surface area contributed by atoms with Gasteiger partial charge in [0, 0.05) is 56.6 Å². The first-order chi connectivity index (χ1) is 23.7. The minimum Gasteiger partial charge on any atom is -0.493 e. The van der Waals surface area contributed by atoms with Crippen molar-refractivity contribution in [1.29, 1.82) is 0 Å². The molecule has 2 atom stereocenters. The first-order valence-corrected chi connectivity index (χ1v) is 17.9. The van der Waals surface area contributed by atoms with Gasteiger partial charge in [0.05, 0.1) is 12.6 Å². The third-order valence-corrected chi connectivity index (χ3v) is 10.2. The Morgan fingerprint density at radius 1 is 0.918 bits per heavy atom. The average molecular weight is 663 g/mol. The van der Waals surface area contributed by atoms with Gasteiger partial charge in [-0.25, -0.2) is 0 Å². The maximum Gasteiger partial charge on any atom is 0.252 e. The highest BCUT2D eigenvalue weighted by atomic mass is 16.5. The van der Waals surface area contributed by atoms with Crippen LogP contribution < -0.4 is 15.8 Å². The summed E-state index contributed by atoms with van der Waals surface area (Å²) in [7, 11) is 0. The van der Waals surface area contributed by atoms with Crippen LogP contribution in [-0.2, 0) is 27.2 Å². The first-order valence-electron chi connectivity index (χ1n) is 17.9. The number of amides is 3. The van der Waals surface area contributed by atoms with Crippen LogP contribution in [0, 0.1) is 20.8 Å². The number of aryl methyl sites for hydroxylation is 2. The Morgan fingerprint density at radius 3 is 2.37 bits per heavy atom. The molecule has 1 saturated carbocycles. The molecular formula is C41H50N4O4. The number of fused-ring (bicyclic) bond motifs is 2. The molecule has 0 aromatic heterocycles. The van der Waals surface area contributed by atoms with Crippen LogP contribution in [0.1, 0.15) is 71.9 Å². The Morgan fingerprint density at radius 2 is 1.65 bits per heavy atom. The highest BCUT2D eigenvalue weighted by Crippen LogP contribution is 2.37. The molecule has 2 bridgehead atoms. The maximum absolute atomic E-state index is 14.7. The molecule has 3 aliphatic rings. The van der Waals surface area contributed by atoms with E-state index < -0.39 is 5.91 Å². The topological polar surface area (TPSA) is 105 Å². The van der Waals surface area contributed by atoms with Gasteiger partial charge in [0.2, 0.25) is 11.8 Å². The van der Waals surface area contributed by atoms with Crippen LogP contribution >= 0.6 is 0 Å². The van der Waals surface area contributed by atoms with Crippen molar-refractivity contribution in [2.75, 3.05) is 26.2 Å². The number of carbonyl (C=O) groups excluding carboxylic acids is 3. The number of nitrogens with zero attached hydrogens (tertiary/aromatic N) is 2. The number of ether oxygens (including phenoxy) is 1. The molecule has 3 aromatic rings. The van der Waals surface area contributed by atoms with Crippen molar-refractivity contribution in [3.63, 3.8) is 0 Å². The summed E-state index contributed by atoms with van der Waals surface area (Å²) in [5.41, 5.74) is 14.3. The zero-order valence-electron chi connectivity index (χ0n) is 29.2. The van der Waals surface area contributed by atoms with E-state index in [0.717, 1.165) is 48.1 Å². The average Bonchev–Trinajstić information content (AvgIpc) is 3.92. The summed E-state index contributed by atoms with van der Waals surface area (Å²) in [6.45, 7) is 8.57. The monoisotopic (exact) mass is 662 g/mol. The minimum absolute atomic E-state index is 0.0127. The number of carbonyl (C=O) groups is 3. The number of hydrogen-bond donors (Lipinski definition) is 2. The predicted molar refractivity (Wildman–Crippen MR) is 193 cm³/mol. The van der Waals surface area contributed by atoms with Crippen molar-refractivity contribution in [2.45, 2.75) is 90.3 Å². The molecule has 1 aliphatic carbocycles. The van der Waals surface area contributed by atoms with Gasteiger partial charge in [-0.2, -0.15) is 0 Å². The van der Waals surface area contributed by atoms with E-state index >= 15 is 0 Å². The van der Waals surface area contributed by atoms with E-state index in [1.807, 2.05) is 23.1 Å². The van der Waals surface area contributed by atoms with Crippen LogP contribution in [0.2, 0.25) is 0 Å². The zero-order chi connectivity index (χ0) is 34.5. The molecule has 3 amide bonds. The zero-order valence-corrected chi connectivity index (χ0v) is 29.2. The molecule has 8 nitrogen and oxygen atoms in total. The lowest BCUT2D eigenvalue weighted by molar-refractivity contribution is -0.134. The normalized spacial score (nSPS) is 18.7. The molecule has 49 heavy (non-hydrogen) atoms. The van der Waals surface area contributed by atoms with Gasteiger partial charge in [-0.15, -0.1) is 0 Å². The van der Waals surface area contributed by atoms with Crippen molar-refractivity contribution < 1.29 is 19.1 Å². The summed E-state index contributed by atoms with van der Waals surface area (Å²) in [5, 5.41) is 3.71. The van der Waals surface area contributed by atoms with E-state index in [2.05, 4.69) is 79.5 Å². The van der Waals surface area contributed by atoms with Crippen LogP contribution in [0.4, 0.5) is 0 Å². The number of piperazine rings is 1. The van der Waals surface area contributed by atoms with E-state index in [1.54, 1.807) is 0 Å². The van der Waals surface area contributed by atoms with Gasteiger partial charge in [0.1, 0.15) is 5.75 Å². The Bertz CT molecular complexity index is 1700. The molecule has 2 fully saturated rings. The molecular weight excluding hydrogens is 612 g/mol. The smallest absolute Gasteiger partial charge is 0.252 e. The molecule has 2 unspecified atom stereocenters. The summed E-state index contributed by atoms with van der Waals surface area (Å²) in [5.74, 6) is 0.639. The van der Waals surface area contributed by atoms with E-state index in [-0.39, 0.29) is 42.8 Å². The van der Waals surface area contributed by atoms with Gasteiger partial charge in [0.15, 0.2) is 0 Å². The Labute approximate surface area is 290 Å². The molecule has 1 saturated heterocycles. The van der Waals surface area contributed by atoms with E-state index in [9.17, 15) is 14.4 Å². The second kappa shape index (κ2) is 15.4. The standard InChI is InChI=1S/C41H50N4O4/c1-27-22-28(2)29(3)37(23-27)49-21-19-31-12-14-32(15-13-31)35-24-33-25-44(39(47)11-7-10-38(42)46)26-36(43-33)40(35)41(48)45(34-16-17-34)20-18-30-8-5-4-6-9-30/h4-6,8-9,12-15,22-23,33-34,36,43H,7,10-11,16-21,24-26H2,1-3H3,(H2,42,46). The van der Waals surface area contributed by atoms with Crippen LogP contribution in [0.15, 0.2) is 72.3 Å².